The SMILES string of the molecule is CCOC(=O)C1Cc2cc(-n3nc(C(C)(C)C)cc3NC(=O)Nc3cccc(Cl)c3Cl)ccc2CN1C(=O)OC(C)(C)C. The van der Waals surface area contributed by atoms with Gasteiger partial charge in [0.1, 0.15) is 17.5 Å². The van der Waals surface area contributed by atoms with E-state index in [9.17, 15) is 14.4 Å². The normalized spacial score (nSPS) is 15.0. The van der Waals surface area contributed by atoms with Crippen LogP contribution in [0, 0.1) is 0 Å². The zero-order chi connectivity index (χ0) is 31.7. The number of amides is 3. The molecule has 12 heteroatoms. The van der Waals surface area contributed by atoms with Crippen molar-refractivity contribution in [3.63, 3.8) is 0 Å². The molecule has 0 saturated heterocycles. The lowest BCUT2D eigenvalue weighted by atomic mass is 9.92. The average Bonchev–Trinajstić information content (AvgIpc) is 3.33. The maximum absolute atomic E-state index is 13.1. The van der Waals surface area contributed by atoms with Crippen LogP contribution in [0.1, 0.15) is 65.3 Å². The van der Waals surface area contributed by atoms with Gasteiger partial charge in [0.25, 0.3) is 0 Å². The summed E-state index contributed by atoms with van der Waals surface area (Å²) >= 11 is 12.4. The van der Waals surface area contributed by atoms with Gasteiger partial charge in [-0.2, -0.15) is 5.10 Å². The minimum Gasteiger partial charge on any atom is -0.464 e. The summed E-state index contributed by atoms with van der Waals surface area (Å²) in [6, 6.07) is 11.0. The Morgan fingerprint density at radius 1 is 1.00 bits per heavy atom. The molecule has 0 radical (unpaired) electrons. The fourth-order valence-electron chi connectivity index (χ4n) is 4.57. The van der Waals surface area contributed by atoms with Crippen molar-refractivity contribution in [1.82, 2.24) is 14.7 Å². The van der Waals surface area contributed by atoms with Gasteiger partial charge in [-0.05, 0) is 63.1 Å². The van der Waals surface area contributed by atoms with Gasteiger partial charge < -0.3 is 14.8 Å². The van der Waals surface area contributed by atoms with E-state index in [4.69, 9.17) is 37.8 Å². The van der Waals surface area contributed by atoms with E-state index < -0.39 is 29.7 Å². The minimum absolute atomic E-state index is 0.175. The summed E-state index contributed by atoms with van der Waals surface area (Å²) < 4.78 is 12.5. The van der Waals surface area contributed by atoms with Crippen molar-refractivity contribution >= 4 is 52.8 Å². The molecule has 4 rings (SSSR count). The number of fused-ring (bicyclic) bond motifs is 1. The molecule has 0 aliphatic carbocycles. The highest BCUT2D eigenvalue weighted by Gasteiger charge is 2.38. The van der Waals surface area contributed by atoms with Crippen LogP contribution < -0.4 is 10.6 Å². The van der Waals surface area contributed by atoms with Crippen LogP contribution in [0.4, 0.5) is 21.1 Å². The van der Waals surface area contributed by atoms with E-state index >= 15 is 0 Å². The number of hydrogen-bond donors (Lipinski definition) is 2. The molecule has 43 heavy (non-hydrogen) atoms. The number of benzene rings is 2. The van der Waals surface area contributed by atoms with Crippen LogP contribution >= 0.6 is 23.2 Å². The standard InChI is InChI=1S/C31H37Cl2N5O5/c1-8-42-27(39)23-15-19-14-20(13-12-18(19)17-37(23)29(41)43-31(5,6)7)38-25(16-24(36-38)30(2,3)4)35-28(40)34-22-11-9-10-21(32)26(22)33/h9-14,16,23H,8,15,17H2,1-7H3,(H2,34,35,40). The molecule has 0 bridgehead atoms. The number of aromatic nitrogens is 2. The molecule has 1 unspecified atom stereocenters. The summed E-state index contributed by atoms with van der Waals surface area (Å²) in [5.41, 5.74) is 2.46. The Kier molecular flexibility index (Phi) is 9.32. The van der Waals surface area contributed by atoms with Crippen molar-refractivity contribution < 1.29 is 23.9 Å². The van der Waals surface area contributed by atoms with Crippen molar-refractivity contribution in [1.29, 1.82) is 0 Å². The number of nitrogens with one attached hydrogen (secondary N) is 2. The third-order valence-corrected chi connectivity index (χ3v) is 7.49. The van der Waals surface area contributed by atoms with Gasteiger partial charge in [0.15, 0.2) is 0 Å². The monoisotopic (exact) mass is 629 g/mol. The summed E-state index contributed by atoms with van der Waals surface area (Å²) in [5, 5.41) is 11.0. The molecule has 1 atom stereocenters. The summed E-state index contributed by atoms with van der Waals surface area (Å²) in [6.07, 6.45) is -0.356. The molecule has 2 heterocycles. The number of halogens is 2. The number of esters is 1. The predicted molar refractivity (Wildman–Crippen MR) is 167 cm³/mol. The van der Waals surface area contributed by atoms with E-state index in [1.54, 1.807) is 50.6 Å². The second kappa shape index (κ2) is 12.5. The van der Waals surface area contributed by atoms with Crippen molar-refractivity contribution in [2.24, 2.45) is 0 Å². The van der Waals surface area contributed by atoms with Crippen LogP contribution in [0.25, 0.3) is 5.69 Å². The molecule has 2 N–H and O–H groups in total. The van der Waals surface area contributed by atoms with Crippen LogP contribution in [-0.2, 0) is 32.6 Å². The Morgan fingerprint density at radius 2 is 1.72 bits per heavy atom. The Balaban J connectivity index is 1.68. The Morgan fingerprint density at radius 3 is 2.37 bits per heavy atom. The van der Waals surface area contributed by atoms with Crippen LogP contribution in [0.5, 0.6) is 0 Å². The van der Waals surface area contributed by atoms with Crippen molar-refractivity contribution in [2.45, 2.75) is 78.5 Å². The smallest absolute Gasteiger partial charge is 0.411 e. The number of rotatable bonds is 5. The van der Waals surface area contributed by atoms with Gasteiger partial charge in [0, 0.05) is 17.9 Å². The fourth-order valence-corrected chi connectivity index (χ4v) is 4.91. The first kappa shape index (κ1) is 32.2. The molecule has 0 fully saturated rings. The van der Waals surface area contributed by atoms with E-state index in [2.05, 4.69) is 10.6 Å². The van der Waals surface area contributed by atoms with Crippen LogP contribution in [0.2, 0.25) is 10.0 Å². The molecular formula is C31H37Cl2N5O5. The third-order valence-electron chi connectivity index (χ3n) is 6.67. The highest BCUT2D eigenvalue weighted by Crippen LogP contribution is 2.32. The van der Waals surface area contributed by atoms with Crippen LogP contribution in [-0.4, -0.2) is 51.0 Å². The Bertz CT molecular complexity index is 1540. The van der Waals surface area contributed by atoms with Gasteiger partial charge in [0.2, 0.25) is 0 Å². The molecule has 1 aliphatic heterocycles. The first-order valence-corrected chi connectivity index (χ1v) is 14.7. The molecule has 3 amide bonds. The zero-order valence-electron chi connectivity index (χ0n) is 25.4. The predicted octanol–water partition coefficient (Wildman–Crippen LogP) is 7.35. The molecule has 1 aliphatic rings. The third kappa shape index (κ3) is 7.61. The molecule has 0 spiro atoms. The quantitative estimate of drug-likeness (QED) is 0.285. The lowest BCUT2D eigenvalue weighted by Gasteiger charge is -2.36. The first-order valence-electron chi connectivity index (χ1n) is 14.0. The Hall–Kier alpha value is -3.76. The molecular weight excluding hydrogens is 593 g/mol. The summed E-state index contributed by atoms with van der Waals surface area (Å²) in [7, 11) is 0. The minimum atomic E-state index is -0.855. The van der Waals surface area contributed by atoms with Gasteiger partial charge in [-0.3, -0.25) is 10.2 Å². The lowest BCUT2D eigenvalue weighted by Crippen LogP contribution is -2.50. The van der Waals surface area contributed by atoms with Gasteiger partial charge >= 0.3 is 18.1 Å². The Labute approximate surface area is 261 Å². The van der Waals surface area contributed by atoms with Gasteiger partial charge in [-0.1, -0.05) is 56.1 Å². The molecule has 230 valence electrons. The largest absolute Gasteiger partial charge is 0.464 e. The maximum atomic E-state index is 13.1. The molecule has 1 aromatic heterocycles. The van der Waals surface area contributed by atoms with E-state index in [-0.39, 0.29) is 30.0 Å². The second-order valence-electron chi connectivity index (χ2n) is 12.3. The van der Waals surface area contributed by atoms with Gasteiger partial charge in [-0.25, -0.2) is 19.1 Å². The number of carbonyl (C=O) groups is 3. The first-order chi connectivity index (χ1) is 20.1. The number of urea groups is 1. The van der Waals surface area contributed by atoms with Crippen molar-refractivity contribution in [3.05, 3.63) is 69.3 Å². The maximum Gasteiger partial charge on any atom is 0.411 e. The van der Waals surface area contributed by atoms with E-state index in [0.717, 1.165) is 16.8 Å². The van der Waals surface area contributed by atoms with E-state index in [1.807, 2.05) is 45.0 Å². The summed E-state index contributed by atoms with van der Waals surface area (Å²) in [5.74, 6) is -0.0779. The molecule has 3 aromatic rings. The lowest BCUT2D eigenvalue weighted by molar-refractivity contribution is -0.150. The van der Waals surface area contributed by atoms with Gasteiger partial charge in [-0.15, -0.1) is 0 Å². The number of hydrogen-bond acceptors (Lipinski definition) is 6. The van der Waals surface area contributed by atoms with Crippen LogP contribution in [0.3, 0.4) is 0 Å². The summed E-state index contributed by atoms with van der Waals surface area (Å²) in [4.78, 5) is 40.5. The van der Waals surface area contributed by atoms with Gasteiger partial charge in [0.05, 0.1) is 40.3 Å². The topological polar surface area (TPSA) is 115 Å². The second-order valence-corrected chi connectivity index (χ2v) is 13.1. The molecule has 0 saturated carbocycles. The fraction of sp³-hybridized carbons (Fsp3) is 0.419. The number of anilines is 2. The number of carbonyl (C=O) groups excluding carboxylic acids is 3. The molecule has 10 nitrogen and oxygen atoms in total. The highest BCUT2D eigenvalue weighted by molar-refractivity contribution is 6.44. The van der Waals surface area contributed by atoms with E-state index in [0.29, 0.717) is 22.2 Å². The van der Waals surface area contributed by atoms with E-state index in [1.165, 1.54) is 4.90 Å². The van der Waals surface area contributed by atoms with Crippen molar-refractivity contribution in [2.75, 3.05) is 17.2 Å². The summed E-state index contributed by atoms with van der Waals surface area (Å²) in [6.45, 7) is 13.5. The average molecular weight is 631 g/mol. The van der Waals surface area contributed by atoms with Crippen molar-refractivity contribution in [3.8, 4) is 5.69 Å². The number of nitrogens with zero attached hydrogens (tertiary/aromatic N) is 3. The zero-order valence-corrected chi connectivity index (χ0v) is 26.9. The molecule has 2 aromatic carbocycles. The number of ether oxygens (including phenoxy) is 2. The van der Waals surface area contributed by atoms with Crippen LogP contribution in [0.15, 0.2) is 42.5 Å². The highest BCUT2D eigenvalue weighted by atomic mass is 35.5.